The molecule has 0 atom stereocenters. The number of halogens is 1. The molecular formula is C28H28FN3O2S. The summed E-state index contributed by atoms with van der Waals surface area (Å²) in [6.45, 7) is 5.10. The molecule has 1 heterocycles. The summed E-state index contributed by atoms with van der Waals surface area (Å²) in [7, 11) is 0. The van der Waals surface area contributed by atoms with Gasteiger partial charge in [-0.2, -0.15) is 0 Å². The van der Waals surface area contributed by atoms with Crippen molar-refractivity contribution in [3.63, 3.8) is 0 Å². The zero-order chi connectivity index (χ0) is 24.8. The van der Waals surface area contributed by atoms with Gasteiger partial charge in [0.25, 0.3) is 11.5 Å². The van der Waals surface area contributed by atoms with Gasteiger partial charge in [0.05, 0.1) is 10.9 Å². The maximum Gasteiger partial charge on any atom is 0.262 e. The van der Waals surface area contributed by atoms with Gasteiger partial charge in [-0.3, -0.25) is 14.2 Å². The van der Waals surface area contributed by atoms with Crippen molar-refractivity contribution < 1.29 is 9.18 Å². The van der Waals surface area contributed by atoms with Gasteiger partial charge < -0.3 is 5.32 Å². The zero-order valence-electron chi connectivity index (χ0n) is 19.8. The van der Waals surface area contributed by atoms with Crippen LogP contribution in [0.15, 0.2) is 82.7 Å². The Morgan fingerprint density at radius 1 is 1.03 bits per heavy atom. The van der Waals surface area contributed by atoms with Crippen LogP contribution in [-0.2, 0) is 18.7 Å². The number of benzene rings is 3. The molecule has 0 saturated carbocycles. The molecule has 5 nitrogen and oxygen atoms in total. The van der Waals surface area contributed by atoms with Crippen LogP contribution in [0.4, 0.5) is 4.39 Å². The van der Waals surface area contributed by atoms with Crippen LogP contribution in [-0.4, -0.2) is 22.0 Å². The lowest BCUT2D eigenvalue weighted by Crippen LogP contribution is -2.28. The number of rotatable bonds is 9. The van der Waals surface area contributed by atoms with E-state index in [0.717, 1.165) is 11.1 Å². The molecule has 0 aliphatic rings. The molecule has 3 aromatic carbocycles. The van der Waals surface area contributed by atoms with Crippen molar-refractivity contribution in [1.82, 2.24) is 14.9 Å². The average molecular weight is 490 g/mol. The predicted molar refractivity (Wildman–Crippen MR) is 139 cm³/mol. The summed E-state index contributed by atoms with van der Waals surface area (Å²) in [6.07, 6.45) is 0.678. The molecule has 0 bridgehead atoms. The molecule has 0 aliphatic heterocycles. The third kappa shape index (κ3) is 6.36. The van der Waals surface area contributed by atoms with Crippen molar-refractivity contribution in [2.75, 3.05) is 6.54 Å². The fourth-order valence-electron chi connectivity index (χ4n) is 3.71. The number of fused-ring (bicyclic) bond motifs is 1. The average Bonchev–Trinajstić information content (AvgIpc) is 2.86. The highest BCUT2D eigenvalue weighted by atomic mass is 32.2. The van der Waals surface area contributed by atoms with Crippen LogP contribution in [0.3, 0.4) is 0 Å². The van der Waals surface area contributed by atoms with E-state index in [2.05, 4.69) is 5.32 Å². The number of carbonyl (C=O) groups is 1. The first-order valence-corrected chi connectivity index (χ1v) is 12.6. The maximum absolute atomic E-state index is 13.7. The Labute approximate surface area is 208 Å². The summed E-state index contributed by atoms with van der Waals surface area (Å²) >= 11 is 1.39. The largest absolute Gasteiger partial charge is 0.352 e. The second-order valence-corrected chi connectivity index (χ2v) is 9.78. The van der Waals surface area contributed by atoms with Crippen molar-refractivity contribution >= 4 is 28.6 Å². The first-order chi connectivity index (χ1) is 16.9. The fourth-order valence-corrected chi connectivity index (χ4v) is 4.68. The third-order valence-corrected chi connectivity index (χ3v) is 6.62. The number of amides is 1. The SMILES string of the molecule is CC(C)CNC(=O)c1ccc2c(=O)n(CCc3ccccc3)c(SCc3cccc(F)c3)nc2c1. The van der Waals surface area contributed by atoms with Crippen LogP contribution in [0.1, 0.15) is 35.3 Å². The molecule has 1 aromatic heterocycles. The van der Waals surface area contributed by atoms with Crippen molar-refractivity contribution in [3.8, 4) is 0 Å². The second kappa shape index (κ2) is 11.3. The lowest BCUT2D eigenvalue weighted by Gasteiger charge is -2.14. The molecule has 4 rings (SSSR count). The number of carbonyl (C=O) groups excluding carboxylic acids is 1. The van der Waals surface area contributed by atoms with E-state index < -0.39 is 0 Å². The monoisotopic (exact) mass is 489 g/mol. The van der Waals surface area contributed by atoms with E-state index >= 15 is 0 Å². The number of hydrogen-bond acceptors (Lipinski definition) is 4. The van der Waals surface area contributed by atoms with Gasteiger partial charge >= 0.3 is 0 Å². The van der Waals surface area contributed by atoms with Gasteiger partial charge in [-0.25, -0.2) is 9.37 Å². The summed E-state index contributed by atoms with van der Waals surface area (Å²) in [5, 5.41) is 3.91. The Morgan fingerprint density at radius 2 is 1.80 bits per heavy atom. The number of nitrogens with one attached hydrogen (secondary N) is 1. The van der Waals surface area contributed by atoms with Crippen molar-refractivity contribution in [2.24, 2.45) is 5.92 Å². The van der Waals surface area contributed by atoms with Gasteiger partial charge in [0, 0.05) is 24.4 Å². The molecule has 0 unspecified atom stereocenters. The lowest BCUT2D eigenvalue weighted by atomic mass is 10.1. The highest BCUT2D eigenvalue weighted by Crippen LogP contribution is 2.23. The van der Waals surface area contributed by atoms with Gasteiger partial charge in [-0.1, -0.05) is 68.1 Å². The van der Waals surface area contributed by atoms with E-state index in [1.165, 1.54) is 23.9 Å². The van der Waals surface area contributed by atoms with Crippen LogP contribution < -0.4 is 10.9 Å². The third-order valence-electron chi connectivity index (χ3n) is 5.58. The van der Waals surface area contributed by atoms with Crippen molar-refractivity contribution in [1.29, 1.82) is 0 Å². The number of aryl methyl sites for hydroxylation is 1. The van der Waals surface area contributed by atoms with E-state index in [4.69, 9.17) is 4.98 Å². The summed E-state index contributed by atoms with van der Waals surface area (Å²) in [5.74, 6) is 0.313. The normalized spacial score (nSPS) is 11.2. The van der Waals surface area contributed by atoms with E-state index in [0.29, 0.717) is 52.8 Å². The summed E-state index contributed by atoms with van der Waals surface area (Å²) in [6, 6.07) is 21.4. The van der Waals surface area contributed by atoms with Gasteiger partial charge in [0.1, 0.15) is 5.82 Å². The number of aromatic nitrogens is 2. The lowest BCUT2D eigenvalue weighted by molar-refractivity contribution is 0.0949. The molecule has 1 amide bonds. The molecule has 7 heteroatoms. The minimum atomic E-state index is -0.298. The van der Waals surface area contributed by atoms with Crippen LogP contribution in [0.25, 0.3) is 10.9 Å². The molecule has 0 aliphatic carbocycles. The Bertz CT molecular complexity index is 1390. The maximum atomic E-state index is 13.7. The minimum absolute atomic E-state index is 0.151. The van der Waals surface area contributed by atoms with Crippen LogP contribution in [0.5, 0.6) is 0 Å². The molecule has 0 radical (unpaired) electrons. The van der Waals surface area contributed by atoms with E-state index in [9.17, 15) is 14.0 Å². The van der Waals surface area contributed by atoms with Gasteiger partial charge in [0.15, 0.2) is 5.16 Å². The fraction of sp³-hybridized carbons (Fsp3) is 0.250. The van der Waals surface area contributed by atoms with E-state index in [-0.39, 0.29) is 17.3 Å². The van der Waals surface area contributed by atoms with Crippen LogP contribution >= 0.6 is 11.8 Å². The smallest absolute Gasteiger partial charge is 0.262 e. The number of nitrogens with zero attached hydrogens (tertiary/aromatic N) is 2. The van der Waals surface area contributed by atoms with Crippen molar-refractivity contribution in [3.05, 3.63) is 106 Å². The van der Waals surface area contributed by atoms with Gasteiger partial charge in [-0.15, -0.1) is 0 Å². The number of thioether (sulfide) groups is 1. The Balaban J connectivity index is 1.68. The number of hydrogen-bond donors (Lipinski definition) is 1. The Kier molecular flexibility index (Phi) is 7.98. The van der Waals surface area contributed by atoms with E-state index in [1.54, 1.807) is 28.8 Å². The summed E-state index contributed by atoms with van der Waals surface area (Å²) in [4.78, 5) is 30.8. The molecule has 35 heavy (non-hydrogen) atoms. The first kappa shape index (κ1) is 24.7. The quantitative estimate of drug-likeness (QED) is 0.251. The standard InChI is InChI=1S/C28H28FN3O2S/c1-19(2)17-30-26(33)22-11-12-24-25(16-22)31-28(35-18-21-9-6-10-23(29)15-21)32(27(24)34)14-13-20-7-4-3-5-8-20/h3-12,15-16,19H,13-14,17-18H2,1-2H3,(H,30,33). The zero-order valence-corrected chi connectivity index (χ0v) is 20.6. The predicted octanol–water partition coefficient (Wildman–Crippen LogP) is 5.46. The first-order valence-electron chi connectivity index (χ1n) is 11.6. The second-order valence-electron chi connectivity index (χ2n) is 8.84. The van der Waals surface area contributed by atoms with Crippen LogP contribution in [0, 0.1) is 11.7 Å². The molecule has 0 fully saturated rings. The molecule has 0 spiro atoms. The summed E-state index contributed by atoms with van der Waals surface area (Å²) < 4.78 is 15.3. The Morgan fingerprint density at radius 3 is 2.54 bits per heavy atom. The summed E-state index contributed by atoms with van der Waals surface area (Å²) in [5.41, 5.74) is 2.72. The minimum Gasteiger partial charge on any atom is -0.352 e. The van der Waals surface area contributed by atoms with Gasteiger partial charge in [-0.05, 0) is 53.8 Å². The van der Waals surface area contributed by atoms with Gasteiger partial charge in [0.2, 0.25) is 0 Å². The molecular weight excluding hydrogens is 461 g/mol. The van der Waals surface area contributed by atoms with E-state index in [1.807, 2.05) is 50.2 Å². The molecule has 4 aromatic rings. The highest BCUT2D eigenvalue weighted by molar-refractivity contribution is 7.98. The molecule has 0 saturated heterocycles. The highest BCUT2D eigenvalue weighted by Gasteiger charge is 2.15. The van der Waals surface area contributed by atoms with Crippen LogP contribution in [0.2, 0.25) is 0 Å². The molecule has 1 N–H and O–H groups in total. The Hall–Kier alpha value is -3.45. The van der Waals surface area contributed by atoms with Crippen molar-refractivity contribution in [2.45, 2.75) is 37.7 Å². The topological polar surface area (TPSA) is 64.0 Å². The molecule has 180 valence electrons.